The Morgan fingerprint density at radius 2 is 1.97 bits per heavy atom. The summed E-state index contributed by atoms with van der Waals surface area (Å²) >= 11 is 0. The van der Waals surface area contributed by atoms with Crippen LogP contribution in [0.4, 0.5) is 11.5 Å². The highest BCUT2D eigenvalue weighted by Crippen LogP contribution is 2.39. The van der Waals surface area contributed by atoms with E-state index in [1.54, 1.807) is 4.90 Å². The van der Waals surface area contributed by atoms with E-state index in [0.717, 1.165) is 28.1 Å². The fraction of sp³-hybridized carbons (Fsp3) is 0.292. The molecule has 30 heavy (non-hydrogen) atoms. The summed E-state index contributed by atoms with van der Waals surface area (Å²) in [7, 11) is 0. The molecular formula is C24H24N4O2. The van der Waals surface area contributed by atoms with E-state index in [0.29, 0.717) is 24.7 Å². The van der Waals surface area contributed by atoms with E-state index in [1.165, 1.54) is 12.8 Å². The minimum absolute atomic E-state index is 0.0214. The summed E-state index contributed by atoms with van der Waals surface area (Å²) in [6.45, 7) is 2.58. The highest BCUT2D eigenvalue weighted by atomic mass is 16.2. The normalized spacial score (nSPS) is 16.4. The molecule has 0 saturated heterocycles. The van der Waals surface area contributed by atoms with Gasteiger partial charge in [-0.25, -0.2) is 0 Å². The van der Waals surface area contributed by atoms with Gasteiger partial charge in [-0.2, -0.15) is 5.10 Å². The lowest BCUT2D eigenvalue weighted by atomic mass is 9.95. The number of aromatic amines is 1. The second kappa shape index (κ2) is 7.44. The minimum atomic E-state index is -0.272. The Morgan fingerprint density at radius 3 is 2.67 bits per heavy atom. The van der Waals surface area contributed by atoms with Crippen LogP contribution in [0.25, 0.3) is 0 Å². The molecule has 1 fully saturated rings. The summed E-state index contributed by atoms with van der Waals surface area (Å²) in [5.74, 6) is 0.831. The number of fused-ring (bicyclic) bond motifs is 1. The van der Waals surface area contributed by atoms with Crippen LogP contribution in [0.15, 0.2) is 54.6 Å². The largest absolute Gasteiger partial charge is 0.309 e. The van der Waals surface area contributed by atoms with E-state index < -0.39 is 0 Å². The van der Waals surface area contributed by atoms with Crippen LogP contribution in [-0.4, -0.2) is 22.0 Å². The van der Waals surface area contributed by atoms with Crippen molar-refractivity contribution in [1.82, 2.24) is 10.2 Å². The monoisotopic (exact) mass is 400 g/mol. The molecule has 6 nitrogen and oxygen atoms in total. The maximum atomic E-state index is 12.9. The Labute approximate surface area is 175 Å². The van der Waals surface area contributed by atoms with E-state index >= 15 is 0 Å². The van der Waals surface area contributed by atoms with Crippen LogP contribution in [0.5, 0.6) is 0 Å². The zero-order valence-corrected chi connectivity index (χ0v) is 16.9. The molecule has 1 aromatic heterocycles. The Hall–Kier alpha value is -3.41. The second-order valence-electron chi connectivity index (χ2n) is 8.07. The second-order valence-corrected chi connectivity index (χ2v) is 8.07. The van der Waals surface area contributed by atoms with E-state index in [4.69, 9.17) is 0 Å². The van der Waals surface area contributed by atoms with Gasteiger partial charge in [0.25, 0.3) is 5.91 Å². The van der Waals surface area contributed by atoms with Crippen LogP contribution in [0.1, 0.15) is 65.2 Å². The summed E-state index contributed by atoms with van der Waals surface area (Å²) in [6.07, 6.45) is 3.05. The predicted octanol–water partition coefficient (Wildman–Crippen LogP) is 4.58. The number of nitrogens with one attached hydrogen (secondary N) is 2. The standard InChI is InChI=1S/C24H24N4O2/c1-2-19(23(29)25-22-13-21(26-27-22)16-7-8-16)15-9-11-18(12-10-15)28-14-17-5-3-4-6-20(17)24(28)30/h3-6,9-13,16,19H,2,7-8,14H2,1H3,(H2,25,26,27,29). The molecule has 1 saturated carbocycles. The topological polar surface area (TPSA) is 78.1 Å². The summed E-state index contributed by atoms with van der Waals surface area (Å²) in [5.41, 5.74) is 4.68. The number of aromatic nitrogens is 2. The molecule has 2 aromatic carbocycles. The van der Waals surface area contributed by atoms with Gasteiger partial charge in [0.05, 0.1) is 12.5 Å². The number of hydrogen-bond donors (Lipinski definition) is 2. The number of H-pyrrole nitrogens is 1. The molecule has 5 rings (SSSR count). The first-order valence-electron chi connectivity index (χ1n) is 10.5. The molecule has 0 radical (unpaired) electrons. The number of benzene rings is 2. The highest BCUT2D eigenvalue weighted by molar-refractivity contribution is 6.10. The zero-order chi connectivity index (χ0) is 20.7. The molecule has 0 spiro atoms. The van der Waals surface area contributed by atoms with Gasteiger partial charge in [-0.1, -0.05) is 37.3 Å². The van der Waals surface area contributed by atoms with Crippen LogP contribution in [0.3, 0.4) is 0 Å². The summed E-state index contributed by atoms with van der Waals surface area (Å²) in [4.78, 5) is 27.3. The van der Waals surface area contributed by atoms with Crippen molar-refractivity contribution >= 4 is 23.3 Å². The fourth-order valence-corrected chi connectivity index (χ4v) is 4.14. The third-order valence-corrected chi connectivity index (χ3v) is 6.02. The maximum Gasteiger partial charge on any atom is 0.258 e. The lowest BCUT2D eigenvalue weighted by Gasteiger charge is -2.18. The highest BCUT2D eigenvalue weighted by Gasteiger charge is 2.29. The number of carbonyl (C=O) groups is 2. The van der Waals surface area contributed by atoms with Crippen LogP contribution in [0, 0.1) is 0 Å². The first-order chi connectivity index (χ1) is 14.6. The fourth-order valence-electron chi connectivity index (χ4n) is 4.14. The van der Waals surface area contributed by atoms with Gasteiger partial charge < -0.3 is 10.2 Å². The molecule has 6 heteroatoms. The Kier molecular flexibility index (Phi) is 4.62. The number of rotatable bonds is 6. The first-order valence-corrected chi connectivity index (χ1v) is 10.5. The molecule has 1 unspecified atom stereocenters. The van der Waals surface area contributed by atoms with Crippen LogP contribution in [-0.2, 0) is 11.3 Å². The molecule has 1 aliphatic heterocycles. The molecule has 2 aliphatic rings. The smallest absolute Gasteiger partial charge is 0.258 e. The molecule has 1 aliphatic carbocycles. The molecule has 152 valence electrons. The van der Waals surface area contributed by atoms with Crippen molar-refractivity contribution < 1.29 is 9.59 Å². The van der Waals surface area contributed by atoms with Crippen LogP contribution >= 0.6 is 0 Å². The molecule has 0 bridgehead atoms. The Balaban J connectivity index is 1.29. The molecule has 2 N–H and O–H groups in total. The summed E-state index contributed by atoms with van der Waals surface area (Å²) in [5, 5.41) is 10.2. The first kappa shape index (κ1) is 18.6. The number of nitrogens with zero attached hydrogens (tertiary/aromatic N) is 2. The lowest BCUT2D eigenvalue weighted by Crippen LogP contribution is -2.23. The summed E-state index contributed by atoms with van der Waals surface area (Å²) < 4.78 is 0. The average Bonchev–Trinajstić information content (AvgIpc) is 3.43. The van der Waals surface area contributed by atoms with Gasteiger partial charge in [0.2, 0.25) is 5.91 Å². The van der Waals surface area contributed by atoms with Crippen molar-refractivity contribution in [2.24, 2.45) is 0 Å². The lowest BCUT2D eigenvalue weighted by molar-refractivity contribution is -0.117. The number of anilines is 2. The van der Waals surface area contributed by atoms with Crippen molar-refractivity contribution in [1.29, 1.82) is 0 Å². The molecular weight excluding hydrogens is 376 g/mol. The SMILES string of the molecule is CCC(C(=O)Nc1cc(C2CC2)[nH]n1)c1ccc(N2Cc3ccccc3C2=O)cc1. The predicted molar refractivity (Wildman–Crippen MR) is 116 cm³/mol. The quantitative estimate of drug-likeness (QED) is 0.636. The van der Waals surface area contributed by atoms with Crippen molar-refractivity contribution in [2.75, 3.05) is 10.2 Å². The number of carbonyl (C=O) groups excluding carboxylic acids is 2. The molecule has 2 amide bonds. The van der Waals surface area contributed by atoms with Gasteiger partial charge in [0.1, 0.15) is 0 Å². The third kappa shape index (κ3) is 3.38. The summed E-state index contributed by atoms with van der Waals surface area (Å²) in [6, 6.07) is 17.4. The van der Waals surface area contributed by atoms with Gasteiger partial charge in [0.15, 0.2) is 5.82 Å². The van der Waals surface area contributed by atoms with Gasteiger partial charge >= 0.3 is 0 Å². The molecule has 1 atom stereocenters. The maximum absolute atomic E-state index is 12.9. The average molecular weight is 400 g/mol. The minimum Gasteiger partial charge on any atom is -0.309 e. The third-order valence-electron chi connectivity index (χ3n) is 6.02. The van der Waals surface area contributed by atoms with E-state index in [9.17, 15) is 9.59 Å². The molecule has 3 aromatic rings. The van der Waals surface area contributed by atoms with Gasteiger partial charge in [0, 0.05) is 28.9 Å². The van der Waals surface area contributed by atoms with Crippen molar-refractivity contribution in [2.45, 2.75) is 44.6 Å². The van der Waals surface area contributed by atoms with Gasteiger partial charge in [-0.15, -0.1) is 0 Å². The Bertz CT molecular complexity index is 1100. The number of hydrogen-bond acceptors (Lipinski definition) is 3. The Morgan fingerprint density at radius 1 is 1.20 bits per heavy atom. The van der Waals surface area contributed by atoms with Crippen LogP contribution < -0.4 is 10.2 Å². The van der Waals surface area contributed by atoms with Crippen LogP contribution in [0.2, 0.25) is 0 Å². The van der Waals surface area contributed by atoms with E-state index in [2.05, 4.69) is 15.5 Å². The van der Waals surface area contributed by atoms with E-state index in [-0.39, 0.29) is 17.7 Å². The van der Waals surface area contributed by atoms with E-state index in [1.807, 2.05) is 61.5 Å². The zero-order valence-electron chi connectivity index (χ0n) is 16.9. The van der Waals surface area contributed by atoms with Crippen molar-refractivity contribution in [3.63, 3.8) is 0 Å². The van der Waals surface area contributed by atoms with Gasteiger partial charge in [-0.05, 0) is 48.6 Å². The number of amides is 2. The van der Waals surface area contributed by atoms with Gasteiger partial charge in [-0.3, -0.25) is 14.7 Å². The molecule has 2 heterocycles. The van der Waals surface area contributed by atoms with Crippen molar-refractivity contribution in [3.8, 4) is 0 Å². The van der Waals surface area contributed by atoms with Crippen molar-refractivity contribution in [3.05, 3.63) is 77.0 Å².